The number of hydrogen-bond donors (Lipinski definition) is 2. The molecule has 1 aliphatic rings. The van der Waals surface area contributed by atoms with Crippen molar-refractivity contribution in [1.82, 2.24) is 10.2 Å². The molecule has 1 heterocycles. The van der Waals surface area contributed by atoms with E-state index in [9.17, 15) is 0 Å². The molecule has 0 saturated carbocycles. The molecule has 1 fully saturated rings. The average Bonchev–Trinajstić information content (AvgIpc) is 2.80. The number of aliphatic hydroxyl groups is 1. The topological polar surface area (TPSA) is 44.7 Å². The van der Waals surface area contributed by atoms with Crippen LogP contribution in [-0.2, 0) is 6.54 Å². The molecule has 1 aromatic carbocycles. The maximum atomic E-state index is 8.77. The van der Waals surface area contributed by atoms with Gasteiger partial charge in [0.05, 0.1) is 6.61 Å². The number of likely N-dealkylation sites (tertiary alicyclic amines) is 1. The standard InChI is InChI=1S/C19H32N2O2/c1-19(2,16-21-11-5-3-4-6-12-21)20-15-17-7-9-18(10-8-17)23-14-13-22/h7-10,20,22H,3-6,11-16H2,1-2H3. The van der Waals surface area contributed by atoms with E-state index < -0.39 is 0 Å². The van der Waals surface area contributed by atoms with E-state index in [1.54, 1.807) is 0 Å². The van der Waals surface area contributed by atoms with Crippen LogP contribution in [0, 0.1) is 0 Å². The number of benzene rings is 1. The van der Waals surface area contributed by atoms with Gasteiger partial charge in [-0.3, -0.25) is 0 Å². The van der Waals surface area contributed by atoms with E-state index in [4.69, 9.17) is 9.84 Å². The van der Waals surface area contributed by atoms with Gasteiger partial charge in [0.2, 0.25) is 0 Å². The van der Waals surface area contributed by atoms with Gasteiger partial charge in [-0.2, -0.15) is 0 Å². The molecule has 0 radical (unpaired) electrons. The Hall–Kier alpha value is -1.10. The largest absolute Gasteiger partial charge is 0.491 e. The lowest BCUT2D eigenvalue weighted by atomic mass is 10.0. The first-order valence-corrected chi connectivity index (χ1v) is 8.89. The van der Waals surface area contributed by atoms with Gasteiger partial charge in [0.15, 0.2) is 0 Å². The van der Waals surface area contributed by atoms with Crippen LogP contribution in [0.15, 0.2) is 24.3 Å². The number of nitrogens with zero attached hydrogens (tertiary/aromatic N) is 1. The fourth-order valence-corrected chi connectivity index (χ4v) is 3.12. The van der Waals surface area contributed by atoms with Crippen molar-refractivity contribution in [1.29, 1.82) is 0 Å². The zero-order chi connectivity index (χ0) is 16.5. The SMILES string of the molecule is CC(C)(CN1CCCCCC1)NCc1ccc(OCCO)cc1. The van der Waals surface area contributed by atoms with E-state index >= 15 is 0 Å². The summed E-state index contributed by atoms with van der Waals surface area (Å²) in [6, 6.07) is 8.10. The van der Waals surface area contributed by atoms with Crippen LogP contribution in [0.5, 0.6) is 5.75 Å². The van der Waals surface area contributed by atoms with Gasteiger partial charge < -0.3 is 20.1 Å². The number of rotatable bonds is 8. The molecule has 0 unspecified atom stereocenters. The molecule has 0 aromatic heterocycles. The number of ether oxygens (including phenoxy) is 1. The predicted molar refractivity (Wildman–Crippen MR) is 94.8 cm³/mol. The molecule has 23 heavy (non-hydrogen) atoms. The van der Waals surface area contributed by atoms with Crippen LogP contribution in [-0.4, -0.2) is 48.4 Å². The summed E-state index contributed by atoms with van der Waals surface area (Å²) in [6.07, 6.45) is 5.45. The normalized spacial score (nSPS) is 17.0. The van der Waals surface area contributed by atoms with Gasteiger partial charge in [0.1, 0.15) is 12.4 Å². The highest BCUT2D eigenvalue weighted by Crippen LogP contribution is 2.15. The minimum atomic E-state index is 0.0496. The lowest BCUT2D eigenvalue weighted by molar-refractivity contribution is 0.201. The molecule has 0 amide bonds. The zero-order valence-corrected chi connectivity index (χ0v) is 14.7. The predicted octanol–water partition coefficient (Wildman–Crippen LogP) is 2.80. The van der Waals surface area contributed by atoms with Gasteiger partial charge in [-0.25, -0.2) is 0 Å². The third-order valence-electron chi connectivity index (χ3n) is 4.37. The quantitative estimate of drug-likeness (QED) is 0.773. The first-order chi connectivity index (χ1) is 11.1. The van der Waals surface area contributed by atoms with Crippen molar-refractivity contribution in [3.05, 3.63) is 29.8 Å². The van der Waals surface area contributed by atoms with Gasteiger partial charge in [0.25, 0.3) is 0 Å². The van der Waals surface area contributed by atoms with Crippen LogP contribution in [0.25, 0.3) is 0 Å². The summed E-state index contributed by atoms with van der Waals surface area (Å²) in [5, 5.41) is 12.5. The maximum absolute atomic E-state index is 8.77. The lowest BCUT2D eigenvalue weighted by Crippen LogP contribution is -2.49. The molecular weight excluding hydrogens is 288 g/mol. The molecule has 1 aromatic rings. The number of hydrogen-bond acceptors (Lipinski definition) is 4. The van der Waals surface area contributed by atoms with Crippen molar-refractivity contribution in [2.75, 3.05) is 32.8 Å². The Morgan fingerprint density at radius 3 is 2.35 bits per heavy atom. The van der Waals surface area contributed by atoms with Crippen molar-refractivity contribution in [2.45, 2.75) is 51.6 Å². The van der Waals surface area contributed by atoms with Crippen LogP contribution in [0.4, 0.5) is 0 Å². The second-order valence-corrected chi connectivity index (χ2v) is 7.14. The van der Waals surface area contributed by atoms with Crippen molar-refractivity contribution < 1.29 is 9.84 Å². The fraction of sp³-hybridized carbons (Fsp3) is 0.684. The minimum absolute atomic E-state index is 0.0496. The Bertz CT molecular complexity index is 437. The molecule has 1 aliphatic heterocycles. The molecule has 2 N–H and O–H groups in total. The summed E-state index contributed by atoms with van der Waals surface area (Å²) in [7, 11) is 0. The van der Waals surface area contributed by atoms with E-state index in [2.05, 4.69) is 36.2 Å². The van der Waals surface area contributed by atoms with Gasteiger partial charge in [-0.15, -0.1) is 0 Å². The van der Waals surface area contributed by atoms with Gasteiger partial charge in [-0.1, -0.05) is 25.0 Å². The molecular formula is C19H32N2O2. The molecule has 0 spiro atoms. The van der Waals surface area contributed by atoms with Crippen molar-refractivity contribution >= 4 is 0 Å². The van der Waals surface area contributed by atoms with Crippen LogP contribution in [0.3, 0.4) is 0 Å². The highest BCUT2D eigenvalue weighted by molar-refractivity contribution is 5.27. The molecule has 0 aliphatic carbocycles. The molecule has 0 bridgehead atoms. The van der Waals surface area contributed by atoms with E-state index in [0.29, 0.717) is 6.61 Å². The van der Waals surface area contributed by atoms with E-state index in [1.165, 1.54) is 44.3 Å². The Kier molecular flexibility index (Phi) is 7.34. The van der Waals surface area contributed by atoms with Gasteiger partial charge in [0, 0.05) is 18.6 Å². The molecule has 1 saturated heterocycles. The molecule has 4 heteroatoms. The van der Waals surface area contributed by atoms with E-state index in [1.807, 2.05) is 12.1 Å². The van der Waals surface area contributed by atoms with Crippen molar-refractivity contribution in [3.63, 3.8) is 0 Å². The highest BCUT2D eigenvalue weighted by Gasteiger charge is 2.21. The molecule has 130 valence electrons. The summed E-state index contributed by atoms with van der Waals surface area (Å²) in [6.45, 7) is 9.41. The van der Waals surface area contributed by atoms with Crippen LogP contribution >= 0.6 is 0 Å². The Morgan fingerprint density at radius 2 is 1.74 bits per heavy atom. The van der Waals surface area contributed by atoms with E-state index in [-0.39, 0.29) is 12.1 Å². The molecule has 4 nitrogen and oxygen atoms in total. The first-order valence-electron chi connectivity index (χ1n) is 8.89. The monoisotopic (exact) mass is 320 g/mol. The summed E-state index contributed by atoms with van der Waals surface area (Å²) in [5.41, 5.74) is 1.36. The lowest BCUT2D eigenvalue weighted by Gasteiger charge is -2.33. The number of nitrogens with one attached hydrogen (secondary N) is 1. The fourth-order valence-electron chi connectivity index (χ4n) is 3.12. The summed E-state index contributed by atoms with van der Waals surface area (Å²) in [5.74, 6) is 0.812. The van der Waals surface area contributed by atoms with Crippen molar-refractivity contribution in [3.8, 4) is 5.75 Å². The highest BCUT2D eigenvalue weighted by atomic mass is 16.5. The minimum Gasteiger partial charge on any atom is -0.491 e. The molecule has 0 atom stereocenters. The summed E-state index contributed by atoms with van der Waals surface area (Å²) >= 11 is 0. The van der Waals surface area contributed by atoms with E-state index in [0.717, 1.165) is 18.8 Å². The van der Waals surface area contributed by atoms with Gasteiger partial charge in [-0.05, 0) is 57.5 Å². The summed E-state index contributed by atoms with van der Waals surface area (Å²) < 4.78 is 5.39. The van der Waals surface area contributed by atoms with Crippen LogP contribution in [0.1, 0.15) is 45.1 Å². The molecule has 2 rings (SSSR count). The third kappa shape index (κ3) is 6.90. The van der Waals surface area contributed by atoms with Gasteiger partial charge >= 0.3 is 0 Å². The Balaban J connectivity index is 1.78. The Labute approximate surface area is 140 Å². The second-order valence-electron chi connectivity index (χ2n) is 7.14. The zero-order valence-electron chi connectivity index (χ0n) is 14.7. The second kappa shape index (κ2) is 9.26. The maximum Gasteiger partial charge on any atom is 0.119 e. The van der Waals surface area contributed by atoms with Crippen LogP contribution < -0.4 is 10.1 Å². The summed E-state index contributed by atoms with van der Waals surface area (Å²) in [4.78, 5) is 2.60. The smallest absolute Gasteiger partial charge is 0.119 e. The Morgan fingerprint density at radius 1 is 1.09 bits per heavy atom. The van der Waals surface area contributed by atoms with Crippen molar-refractivity contribution in [2.24, 2.45) is 0 Å². The van der Waals surface area contributed by atoms with Crippen LogP contribution in [0.2, 0.25) is 0 Å². The average molecular weight is 320 g/mol. The third-order valence-corrected chi connectivity index (χ3v) is 4.37. The number of aliphatic hydroxyl groups excluding tert-OH is 1. The first kappa shape index (κ1) is 18.2.